The minimum atomic E-state index is -0.385. The third-order valence-corrected chi connectivity index (χ3v) is 5.40. The predicted octanol–water partition coefficient (Wildman–Crippen LogP) is 3.29. The molecule has 0 radical (unpaired) electrons. The van der Waals surface area contributed by atoms with Crippen LogP contribution in [-0.4, -0.2) is 53.9 Å². The molecule has 2 aromatic rings. The lowest BCUT2D eigenvalue weighted by molar-refractivity contribution is -0.136. The van der Waals surface area contributed by atoms with Gasteiger partial charge in [0.25, 0.3) is 5.91 Å². The molecule has 2 aliphatic heterocycles. The number of rotatable bonds is 4. The van der Waals surface area contributed by atoms with E-state index in [0.29, 0.717) is 30.3 Å². The Morgan fingerprint density at radius 2 is 1.77 bits per heavy atom. The molecule has 4 rings (SSSR count). The number of nitrogens with one attached hydrogen (secondary N) is 1. The van der Waals surface area contributed by atoms with Gasteiger partial charge in [0.15, 0.2) is 0 Å². The topological polar surface area (TPSA) is 74.2 Å². The van der Waals surface area contributed by atoms with Gasteiger partial charge < -0.3 is 15.0 Å². The molecule has 156 valence electrons. The van der Waals surface area contributed by atoms with Crippen LogP contribution < -0.4 is 5.32 Å². The summed E-state index contributed by atoms with van der Waals surface area (Å²) in [5.41, 5.74) is 1.59. The minimum absolute atomic E-state index is 0.222. The van der Waals surface area contributed by atoms with Gasteiger partial charge in [-0.05, 0) is 29.8 Å². The summed E-state index contributed by atoms with van der Waals surface area (Å²) >= 11 is 5.87. The molecular weight excluding hydrogens is 404 g/mol. The molecule has 0 aromatic heterocycles. The number of anilines is 1. The highest BCUT2D eigenvalue weighted by Gasteiger charge is 2.35. The Labute approximate surface area is 180 Å². The van der Waals surface area contributed by atoms with Crippen molar-refractivity contribution >= 4 is 34.9 Å². The van der Waals surface area contributed by atoms with Crippen molar-refractivity contribution in [2.75, 3.05) is 31.6 Å². The van der Waals surface area contributed by atoms with Gasteiger partial charge in [-0.25, -0.2) is 5.01 Å². The molecule has 2 amide bonds. The van der Waals surface area contributed by atoms with Gasteiger partial charge in [0.2, 0.25) is 5.91 Å². The average Bonchev–Trinajstić information content (AvgIpc) is 3.22. The third-order valence-electron chi connectivity index (χ3n) is 5.15. The number of hydrogen-bond acceptors (Lipinski definition) is 5. The summed E-state index contributed by atoms with van der Waals surface area (Å²) in [5, 5.41) is 9.39. The Hall–Kier alpha value is -2.90. The second kappa shape index (κ2) is 9.28. The first kappa shape index (κ1) is 20.4. The molecule has 2 aromatic carbocycles. The Morgan fingerprint density at radius 3 is 2.47 bits per heavy atom. The molecule has 2 heterocycles. The molecule has 8 heteroatoms. The van der Waals surface area contributed by atoms with Gasteiger partial charge >= 0.3 is 0 Å². The number of carbonyl (C=O) groups is 2. The van der Waals surface area contributed by atoms with Crippen LogP contribution in [0.4, 0.5) is 5.69 Å². The SMILES string of the molecule is O=C(CC(=O)N1N=C(N2CCOCC2)CC1c1ccccc1)Nc1ccc(Cl)cc1. The van der Waals surface area contributed by atoms with Crippen molar-refractivity contribution in [3.05, 3.63) is 65.2 Å². The number of ether oxygens (including phenoxy) is 1. The monoisotopic (exact) mass is 426 g/mol. The van der Waals surface area contributed by atoms with E-state index < -0.39 is 0 Å². The van der Waals surface area contributed by atoms with E-state index in [-0.39, 0.29) is 24.3 Å². The van der Waals surface area contributed by atoms with E-state index in [4.69, 9.17) is 16.3 Å². The Bertz CT molecular complexity index is 927. The average molecular weight is 427 g/mol. The zero-order valence-electron chi connectivity index (χ0n) is 16.5. The van der Waals surface area contributed by atoms with Gasteiger partial charge in [-0.2, -0.15) is 5.10 Å². The van der Waals surface area contributed by atoms with Crippen molar-refractivity contribution in [1.82, 2.24) is 9.91 Å². The van der Waals surface area contributed by atoms with Crippen LogP contribution in [0.25, 0.3) is 0 Å². The highest BCUT2D eigenvalue weighted by molar-refractivity contribution is 6.30. The number of amidine groups is 1. The van der Waals surface area contributed by atoms with Crippen molar-refractivity contribution in [3.8, 4) is 0 Å². The molecule has 0 bridgehead atoms. The van der Waals surface area contributed by atoms with Gasteiger partial charge in [0, 0.05) is 30.2 Å². The number of halogens is 1. The molecule has 7 nitrogen and oxygen atoms in total. The fraction of sp³-hybridized carbons (Fsp3) is 0.318. The highest BCUT2D eigenvalue weighted by atomic mass is 35.5. The molecule has 1 saturated heterocycles. The molecule has 0 saturated carbocycles. The van der Waals surface area contributed by atoms with Crippen LogP contribution in [0.2, 0.25) is 5.02 Å². The van der Waals surface area contributed by atoms with Crippen molar-refractivity contribution < 1.29 is 14.3 Å². The van der Waals surface area contributed by atoms with Gasteiger partial charge in [0.05, 0.1) is 19.3 Å². The summed E-state index contributed by atoms with van der Waals surface area (Å²) < 4.78 is 5.42. The minimum Gasteiger partial charge on any atom is -0.378 e. The van der Waals surface area contributed by atoms with Gasteiger partial charge in [-0.3, -0.25) is 9.59 Å². The summed E-state index contributed by atoms with van der Waals surface area (Å²) in [4.78, 5) is 27.6. The highest BCUT2D eigenvalue weighted by Crippen LogP contribution is 2.32. The van der Waals surface area contributed by atoms with E-state index in [1.165, 1.54) is 5.01 Å². The third kappa shape index (κ3) is 4.80. The lowest BCUT2D eigenvalue weighted by Crippen LogP contribution is -2.40. The first-order chi connectivity index (χ1) is 14.6. The van der Waals surface area contributed by atoms with Crippen molar-refractivity contribution in [2.24, 2.45) is 5.10 Å². The van der Waals surface area contributed by atoms with Crippen LogP contribution in [0.1, 0.15) is 24.4 Å². The number of carbonyl (C=O) groups excluding carboxylic acids is 2. The van der Waals surface area contributed by atoms with Gasteiger partial charge in [-0.15, -0.1) is 0 Å². The van der Waals surface area contributed by atoms with E-state index in [1.807, 2.05) is 30.3 Å². The first-order valence-corrected chi connectivity index (χ1v) is 10.3. The molecule has 1 fully saturated rings. The van der Waals surface area contributed by atoms with E-state index >= 15 is 0 Å². The molecule has 30 heavy (non-hydrogen) atoms. The summed E-state index contributed by atoms with van der Waals surface area (Å²) in [5.74, 6) is 0.140. The number of hydrogen-bond donors (Lipinski definition) is 1. The van der Waals surface area contributed by atoms with Crippen LogP contribution in [0.5, 0.6) is 0 Å². The van der Waals surface area contributed by atoms with Gasteiger partial charge in [-0.1, -0.05) is 41.9 Å². The molecule has 0 aliphatic carbocycles. The standard InChI is InChI=1S/C22H23ClN4O3/c23-17-6-8-18(9-7-17)24-21(28)15-22(29)27-19(16-4-2-1-3-5-16)14-20(25-27)26-10-12-30-13-11-26/h1-9,19H,10-15H2,(H,24,28). The van der Waals surface area contributed by atoms with Crippen LogP contribution in [0.3, 0.4) is 0 Å². The summed E-state index contributed by atoms with van der Waals surface area (Å²) in [6.07, 6.45) is 0.334. The second-order valence-electron chi connectivity index (χ2n) is 7.22. The molecule has 2 aliphatic rings. The number of morpholine rings is 1. The maximum absolute atomic E-state index is 13.0. The zero-order chi connectivity index (χ0) is 20.9. The maximum atomic E-state index is 13.0. The maximum Gasteiger partial charge on any atom is 0.252 e. The van der Waals surface area contributed by atoms with Crippen molar-refractivity contribution in [2.45, 2.75) is 18.9 Å². The van der Waals surface area contributed by atoms with E-state index in [1.54, 1.807) is 24.3 Å². The number of hydrazone groups is 1. The predicted molar refractivity (Wildman–Crippen MR) is 115 cm³/mol. The lowest BCUT2D eigenvalue weighted by atomic mass is 10.0. The fourth-order valence-electron chi connectivity index (χ4n) is 3.63. The lowest BCUT2D eigenvalue weighted by Gasteiger charge is -2.28. The van der Waals surface area contributed by atoms with E-state index in [2.05, 4.69) is 15.3 Å². The quantitative estimate of drug-likeness (QED) is 0.761. The largest absolute Gasteiger partial charge is 0.378 e. The molecule has 1 unspecified atom stereocenters. The molecule has 1 atom stereocenters. The number of benzene rings is 2. The molecular formula is C22H23ClN4O3. The Kier molecular flexibility index (Phi) is 6.30. The number of amides is 2. The number of nitrogens with zero attached hydrogens (tertiary/aromatic N) is 3. The summed E-state index contributed by atoms with van der Waals surface area (Å²) in [6, 6.07) is 16.3. The van der Waals surface area contributed by atoms with Crippen LogP contribution in [-0.2, 0) is 14.3 Å². The molecule has 0 spiro atoms. The van der Waals surface area contributed by atoms with Crippen molar-refractivity contribution in [1.29, 1.82) is 0 Å². The van der Waals surface area contributed by atoms with E-state index in [9.17, 15) is 9.59 Å². The van der Waals surface area contributed by atoms with Crippen molar-refractivity contribution in [3.63, 3.8) is 0 Å². The summed E-state index contributed by atoms with van der Waals surface area (Å²) in [7, 11) is 0. The smallest absolute Gasteiger partial charge is 0.252 e. The first-order valence-electron chi connectivity index (χ1n) is 9.93. The van der Waals surface area contributed by atoms with E-state index in [0.717, 1.165) is 24.5 Å². The van der Waals surface area contributed by atoms with Crippen LogP contribution in [0, 0.1) is 0 Å². The normalized spacial score (nSPS) is 18.8. The molecule has 1 N–H and O–H groups in total. The van der Waals surface area contributed by atoms with Crippen LogP contribution in [0.15, 0.2) is 59.7 Å². The zero-order valence-corrected chi connectivity index (χ0v) is 17.2. The summed E-state index contributed by atoms with van der Waals surface area (Å²) in [6.45, 7) is 2.79. The van der Waals surface area contributed by atoms with Gasteiger partial charge in [0.1, 0.15) is 12.3 Å². The van der Waals surface area contributed by atoms with Crippen LogP contribution >= 0.6 is 11.6 Å². The fourth-order valence-corrected chi connectivity index (χ4v) is 3.75. The second-order valence-corrected chi connectivity index (χ2v) is 7.65. The Morgan fingerprint density at radius 1 is 1.07 bits per heavy atom. The Balaban J connectivity index is 1.48.